The SMILES string of the molecule is CCOC(=O)C(C)CC(C)C(=O)N1c2ccccc2CCC1C(=O)O. The van der Waals surface area contributed by atoms with Crippen LogP contribution >= 0.6 is 0 Å². The van der Waals surface area contributed by atoms with Crippen molar-refractivity contribution in [3.05, 3.63) is 29.8 Å². The summed E-state index contributed by atoms with van der Waals surface area (Å²) in [4.78, 5) is 37.9. The predicted molar refractivity (Wildman–Crippen MR) is 93.3 cm³/mol. The number of carboxylic acids is 1. The van der Waals surface area contributed by atoms with Gasteiger partial charge in [0.05, 0.1) is 12.5 Å². The molecule has 0 fully saturated rings. The van der Waals surface area contributed by atoms with Crippen LogP contribution in [0.3, 0.4) is 0 Å². The summed E-state index contributed by atoms with van der Waals surface area (Å²) < 4.78 is 4.99. The van der Waals surface area contributed by atoms with Crippen LogP contribution in [0.25, 0.3) is 0 Å². The lowest BCUT2D eigenvalue weighted by Crippen LogP contribution is -2.50. The zero-order valence-corrected chi connectivity index (χ0v) is 14.9. The monoisotopic (exact) mass is 347 g/mol. The molecule has 1 aliphatic rings. The van der Waals surface area contributed by atoms with Crippen LogP contribution in [0.4, 0.5) is 5.69 Å². The summed E-state index contributed by atoms with van der Waals surface area (Å²) in [6, 6.07) is 6.51. The molecule has 3 unspecified atom stereocenters. The third kappa shape index (κ3) is 4.18. The Bertz CT molecular complexity index is 657. The van der Waals surface area contributed by atoms with E-state index in [1.165, 1.54) is 4.90 Å². The van der Waals surface area contributed by atoms with Crippen molar-refractivity contribution >= 4 is 23.5 Å². The molecule has 0 aromatic heterocycles. The summed E-state index contributed by atoms with van der Waals surface area (Å²) in [6.45, 7) is 5.49. The Kier molecular flexibility index (Phi) is 6.17. The second-order valence-electron chi connectivity index (χ2n) is 6.52. The number of hydrogen-bond acceptors (Lipinski definition) is 4. The van der Waals surface area contributed by atoms with Gasteiger partial charge in [-0.2, -0.15) is 0 Å². The number of nitrogens with zero attached hydrogens (tertiary/aromatic N) is 1. The Morgan fingerprint density at radius 2 is 1.92 bits per heavy atom. The fraction of sp³-hybridized carbons (Fsp3) is 0.526. The first-order valence-corrected chi connectivity index (χ1v) is 8.67. The molecule has 0 bridgehead atoms. The quantitative estimate of drug-likeness (QED) is 0.800. The van der Waals surface area contributed by atoms with Gasteiger partial charge >= 0.3 is 11.9 Å². The smallest absolute Gasteiger partial charge is 0.326 e. The zero-order chi connectivity index (χ0) is 18.6. The lowest BCUT2D eigenvalue weighted by Gasteiger charge is -2.36. The number of hydrogen-bond donors (Lipinski definition) is 1. The van der Waals surface area contributed by atoms with Crippen LogP contribution < -0.4 is 4.90 Å². The minimum Gasteiger partial charge on any atom is -0.480 e. The number of rotatable bonds is 6. The highest BCUT2D eigenvalue weighted by molar-refractivity contribution is 6.01. The Labute approximate surface area is 147 Å². The van der Waals surface area contributed by atoms with Gasteiger partial charge in [0.2, 0.25) is 5.91 Å². The summed E-state index contributed by atoms with van der Waals surface area (Å²) in [6.07, 6.45) is 1.34. The highest BCUT2D eigenvalue weighted by Gasteiger charge is 2.37. The number of anilines is 1. The summed E-state index contributed by atoms with van der Waals surface area (Å²) in [7, 11) is 0. The summed E-state index contributed by atoms with van der Waals surface area (Å²) in [5.74, 6) is -2.50. The van der Waals surface area contributed by atoms with E-state index in [0.29, 0.717) is 31.6 Å². The fourth-order valence-corrected chi connectivity index (χ4v) is 3.30. The molecule has 1 aromatic rings. The van der Waals surface area contributed by atoms with E-state index in [1.807, 2.05) is 12.1 Å². The average molecular weight is 347 g/mol. The van der Waals surface area contributed by atoms with E-state index in [2.05, 4.69) is 0 Å². The van der Waals surface area contributed by atoms with E-state index in [9.17, 15) is 19.5 Å². The van der Waals surface area contributed by atoms with Crippen molar-refractivity contribution in [2.45, 2.75) is 46.1 Å². The number of para-hydroxylation sites is 1. The number of carboxylic acid groups (broad SMARTS) is 1. The van der Waals surface area contributed by atoms with E-state index in [1.54, 1.807) is 32.9 Å². The van der Waals surface area contributed by atoms with Crippen LogP contribution in [0.1, 0.15) is 39.2 Å². The van der Waals surface area contributed by atoms with E-state index >= 15 is 0 Å². The van der Waals surface area contributed by atoms with E-state index in [4.69, 9.17) is 4.74 Å². The largest absolute Gasteiger partial charge is 0.480 e. The first-order chi connectivity index (χ1) is 11.9. The lowest BCUT2D eigenvalue weighted by atomic mass is 9.91. The van der Waals surface area contributed by atoms with Gasteiger partial charge in [-0.25, -0.2) is 4.79 Å². The first-order valence-electron chi connectivity index (χ1n) is 8.67. The highest BCUT2D eigenvalue weighted by Crippen LogP contribution is 2.33. The number of carbonyl (C=O) groups excluding carboxylic acids is 2. The van der Waals surface area contributed by atoms with Crippen molar-refractivity contribution in [3.63, 3.8) is 0 Å². The van der Waals surface area contributed by atoms with Crippen LogP contribution in [-0.4, -0.2) is 35.6 Å². The first kappa shape index (κ1) is 19.0. The molecule has 6 nitrogen and oxygen atoms in total. The molecule has 0 aliphatic carbocycles. The van der Waals surface area contributed by atoms with E-state index in [-0.39, 0.29) is 11.9 Å². The number of aryl methyl sites for hydroxylation is 1. The Morgan fingerprint density at radius 3 is 2.56 bits per heavy atom. The number of benzene rings is 1. The van der Waals surface area contributed by atoms with Crippen LogP contribution in [0.5, 0.6) is 0 Å². The third-order valence-electron chi connectivity index (χ3n) is 4.59. The second kappa shape index (κ2) is 8.14. The summed E-state index contributed by atoms with van der Waals surface area (Å²) in [5, 5.41) is 9.54. The third-order valence-corrected chi connectivity index (χ3v) is 4.59. The maximum Gasteiger partial charge on any atom is 0.326 e. The molecule has 6 heteroatoms. The Hall–Kier alpha value is -2.37. The van der Waals surface area contributed by atoms with Gasteiger partial charge in [-0.15, -0.1) is 0 Å². The molecule has 136 valence electrons. The van der Waals surface area contributed by atoms with Crippen molar-refractivity contribution in [1.29, 1.82) is 0 Å². The Morgan fingerprint density at radius 1 is 1.24 bits per heavy atom. The van der Waals surface area contributed by atoms with Crippen molar-refractivity contribution < 1.29 is 24.2 Å². The molecule has 0 spiro atoms. The van der Waals surface area contributed by atoms with Gasteiger partial charge in [-0.05, 0) is 37.8 Å². The molecule has 1 N–H and O–H groups in total. The molecule has 1 amide bonds. The molecule has 0 saturated heterocycles. The van der Waals surface area contributed by atoms with Crippen molar-refractivity contribution in [2.75, 3.05) is 11.5 Å². The fourth-order valence-electron chi connectivity index (χ4n) is 3.30. The number of carbonyl (C=O) groups is 3. The zero-order valence-electron chi connectivity index (χ0n) is 14.9. The lowest BCUT2D eigenvalue weighted by molar-refractivity contribution is -0.148. The molecular formula is C19H25NO5. The molecule has 0 saturated carbocycles. The Balaban J connectivity index is 2.22. The van der Waals surface area contributed by atoms with Crippen LogP contribution in [0, 0.1) is 11.8 Å². The minimum absolute atomic E-state index is 0.268. The standard InChI is InChI=1S/C19H25NO5/c1-4-25-19(24)13(3)11-12(2)17(21)20-15-8-6-5-7-14(15)9-10-16(20)18(22)23/h5-8,12-13,16H,4,9-11H2,1-3H3,(H,22,23). The molecule has 3 atom stereocenters. The normalized spacial score (nSPS) is 18.8. The maximum atomic E-state index is 13.0. The van der Waals surface area contributed by atoms with Gasteiger partial charge in [0.25, 0.3) is 0 Å². The van der Waals surface area contributed by atoms with Crippen LogP contribution in [-0.2, 0) is 25.5 Å². The van der Waals surface area contributed by atoms with Gasteiger partial charge in [-0.3, -0.25) is 14.5 Å². The number of fused-ring (bicyclic) bond motifs is 1. The van der Waals surface area contributed by atoms with Crippen LogP contribution in [0.2, 0.25) is 0 Å². The number of ether oxygens (including phenoxy) is 1. The van der Waals surface area contributed by atoms with E-state index < -0.39 is 23.8 Å². The van der Waals surface area contributed by atoms with E-state index in [0.717, 1.165) is 5.56 Å². The minimum atomic E-state index is -1.01. The van der Waals surface area contributed by atoms with Crippen molar-refractivity contribution in [2.24, 2.45) is 11.8 Å². The van der Waals surface area contributed by atoms with Crippen molar-refractivity contribution in [3.8, 4) is 0 Å². The highest BCUT2D eigenvalue weighted by atomic mass is 16.5. The summed E-state index contributed by atoms with van der Waals surface area (Å²) in [5.41, 5.74) is 1.63. The van der Waals surface area contributed by atoms with Crippen molar-refractivity contribution in [1.82, 2.24) is 0 Å². The average Bonchev–Trinajstić information content (AvgIpc) is 2.59. The summed E-state index contributed by atoms with van der Waals surface area (Å²) >= 11 is 0. The van der Waals surface area contributed by atoms with Gasteiger partial charge in [-0.1, -0.05) is 32.0 Å². The molecule has 2 rings (SSSR count). The van der Waals surface area contributed by atoms with Gasteiger partial charge in [0.15, 0.2) is 0 Å². The molecule has 1 aromatic carbocycles. The second-order valence-corrected chi connectivity index (χ2v) is 6.52. The van der Waals surface area contributed by atoms with Gasteiger partial charge in [0, 0.05) is 11.6 Å². The molecule has 1 heterocycles. The topological polar surface area (TPSA) is 83.9 Å². The number of esters is 1. The van der Waals surface area contributed by atoms with Gasteiger partial charge in [0.1, 0.15) is 6.04 Å². The van der Waals surface area contributed by atoms with Crippen LogP contribution in [0.15, 0.2) is 24.3 Å². The maximum absolute atomic E-state index is 13.0. The molecule has 0 radical (unpaired) electrons. The van der Waals surface area contributed by atoms with Gasteiger partial charge < -0.3 is 9.84 Å². The molecule has 1 aliphatic heterocycles. The molecule has 25 heavy (non-hydrogen) atoms. The number of amides is 1. The molecular weight excluding hydrogens is 322 g/mol. The number of aliphatic carboxylic acids is 1. The predicted octanol–water partition coefficient (Wildman–Crippen LogP) is 2.64.